The van der Waals surface area contributed by atoms with E-state index in [0.717, 1.165) is 10.1 Å². The average Bonchev–Trinajstić information content (AvgIpc) is 3.11. The zero-order valence-corrected chi connectivity index (χ0v) is 17.5. The molecule has 0 saturated heterocycles. The van der Waals surface area contributed by atoms with Gasteiger partial charge in [-0.05, 0) is 29.3 Å². The second-order valence-electron chi connectivity index (χ2n) is 6.96. The minimum absolute atomic E-state index is 0.119. The molecular formula is C21H19ClN6O3. The maximum absolute atomic E-state index is 12.9. The number of rotatable bonds is 5. The number of fused-ring (bicyclic) bond motifs is 1. The van der Waals surface area contributed by atoms with Gasteiger partial charge in [-0.15, -0.1) is 0 Å². The number of halogens is 1. The zero-order chi connectivity index (χ0) is 22.1. The van der Waals surface area contributed by atoms with Gasteiger partial charge in [-0.2, -0.15) is 10.1 Å². The largest absolute Gasteiger partial charge is 0.508 e. The Bertz CT molecular complexity index is 1430. The highest BCUT2D eigenvalue weighted by Crippen LogP contribution is 2.22. The molecule has 158 valence electrons. The first-order valence-electron chi connectivity index (χ1n) is 9.34. The molecule has 0 aliphatic carbocycles. The number of phenols is 1. The molecule has 0 radical (unpaired) electrons. The summed E-state index contributed by atoms with van der Waals surface area (Å²) >= 11 is 6.33. The Morgan fingerprint density at radius 1 is 1.13 bits per heavy atom. The number of imidazole rings is 1. The lowest BCUT2D eigenvalue weighted by molar-refractivity contribution is 0.475. The van der Waals surface area contributed by atoms with E-state index in [0.29, 0.717) is 10.6 Å². The summed E-state index contributed by atoms with van der Waals surface area (Å²) in [5.41, 5.74) is 3.82. The predicted octanol–water partition coefficient (Wildman–Crippen LogP) is 2.29. The first-order chi connectivity index (χ1) is 14.9. The summed E-state index contributed by atoms with van der Waals surface area (Å²) in [6.45, 7) is 0.244. The van der Waals surface area contributed by atoms with Crippen LogP contribution in [-0.2, 0) is 20.6 Å². The first kappa shape index (κ1) is 20.4. The highest BCUT2D eigenvalue weighted by atomic mass is 35.5. The van der Waals surface area contributed by atoms with Crippen molar-refractivity contribution in [2.45, 2.75) is 6.54 Å². The number of benzene rings is 2. The van der Waals surface area contributed by atoms with Crippen molar-refractivity contribution in [3.8, 4) is 5.75 Å². The van der Waals surface area contributed by atoms with Gasteiger partial charge in [-0.1, -0.05) is 41.9 Å². The third-order valence-electron chi connectivity index (χ3n) is 4.88. The molecule has 10 heteroatoms. The van der Waals surface area contributed by atoms with Crippen LogP contribution in [0.3, 0.4) is 0 Å². The molecule has 0 aliphatic heterocycles. The SMILES string of the molecule is Cn1c(=O)c2c(nc(N/N=C/c3cccc(O)c3)n2Cc2ccccc2Cl)n(C)c1=O. The number of aryl methyl sites for hydroxylation is 1. The summed E-state index contributed by atoms with van der Waals surface area (Å²) in [4.78, 5) is 29.7. The van der Waals surface area contributed by atoms with Crippen LogP contribution in [0.1, 0.15) is 11.1 Å². The smallest absolute Gasteiger partial charge is 0.332 e. The molecule has 0 bridgehead atoms. The number of nitrogens with one attached hydrogen (secondary N) is 1. The lowest BCUT2D eigenvalue weighted by Gasteiger charge is -2.10. The molecular weight excluding hydrogens is 420 g/mol. The topological polar surface area (TPSA) is 106 Å². The molecule has 4 aromatic rings. The van der Waals surface area contributed by atoms with Gasteiger partial charge in [0.15, 0.2) is 11.2 Å². The Hall–Kier alpha value is -3.85. The molecule has 0 fully saturated rings. The van der Waals surface area contributed by atoms with E-state index in [-0.39, 0.29) is 29.4 Å². The van der Waals surface area contributed by atoms with Gasteiger partial charge in [0.1, 0.15) is 5.75 Å². The Kier molecular flexibility index (Phi) is 5.35. The van der Waals surface area contributed by atoms with E-state index in [2.05, 4.69) is 15.5 Å². The molecule has 2 aromatic heterocycles. The van der Waals surface area contributed by atoms with Crippen LogP contribution in [0.2, 0.25) is 5.02 Å². The standard InChI is InChI=1S/C21H19ClN6O3/c1-26-18-17(19(30)27(2)21(26)31)28(12-14-7-3-4-9-16(14)22)20(24-18)25-23-11-13-6-5-8-15(29)10-13/h3-11,29H,12H2,1-2H3,(H,24,25)/b23-11+. The van der Waals surface area contributed by atoms with Gasteiger partial charge in [-0.3, -0.25) is 18.5 Å². The molecule has 31 heavy (non-hydrogen) atoms. The molecule has 0 unspecified atom stereocenters. The minimum Gasteiger partial charge on any atom is -0.508 e. The maximum Gasteiger partial charge on any atom is 0.332 e. The molecule has 0 saturated carbocycles. The number of hydrazone groups is 1. The number of hydrogen-bond acceptors (Lipinski definition) is 6. The van der Waals surface area contributed by atoms with E-state index in [1.807, 2.05) is 18.2 Å². The Labute approximate surface area is 181 Å². The fraction of sp³-hybridized carbons (Fsp3) is 0.143. The maximum atomic E-state index is 12.9. The normalized spacial score (nSPS) is 11.5. The van der Waals surface area contributed by atoms with Crippen LogP contribution >= 0.6 is 11.6 Å². The zero-order valence-electron chi connectivity index (χ0n) is 16.8. The second kappa shape index (κ2) is 8.11. The fourth-order valence-electron chi connectivity index (χ4n) is 3.25. The van der Waals surface area contributed by atoms with Crippen molar-refractivity contribution in [1.29, 1.82) is 0 Å². The Morgan fingerprint density at radius 2 is 1.90 bits per heavy atom. The second-order valence-corrected chi connectivity index (χ2v) is 7.36. The van der Waals surface area contributed by atoms with Crippen LogP contribution in [0.4, 0.5) is 5.95 Å². The number of hydrogen-bond donors (Lipinski definition) is 2. The van der Waals surface area contributed by atoms with E-state index < -0.39 is 11.2 Å². The van der Waals surface area contributed by atoms with Crippen molar-refractivity contribution < 1.29 is 5.11 Å². The molecule has 4 rings (SSSR count). The summed E-state index contributed by atoms with van der Waals surface area (Å²) in [7, 11) is 2.97. The molecule has 9 nitrogen and oxygen atoms in total. The van der Waals surface area contributed by atoms with Crippen LogP contribution in [0, 0.1) is 0 Å². The summed E-state index contributed by atoms with van der Waals surface area (Å²) in [5.74, 6) is 0.387. The van der Waals surface area contributed by atoms with Crippen LogP contribution in [-0.4, -0.2) is 30.0 Å². The van der Waals surface area contributed by atoms with Crippen molar-refractivity contribution in [2.24, 2.45) is 19.2 Å². The first-order valence-corrected chi connectivity index (χ1v) is 9.72. The van der Waals surface area contributed by atoms with Gasteiger partial charge in [0.2, 0.25) is 5.95 Å². The van der Waals surface area contributed by atoms with Gasteiger partial charge < -0.3 is 5.11 Å². The van der Waals surface area contributed by atoms with Gasteiger partial charge in [0.05, 0.1) is 12.8 Å². The van der Waals surface area contributed by atoms with Crippen molar-refractivity contribution in [3.05, 3.63) is 85.5 Å². The van der Waals surface area contributed by atoms with Crippen LogP contribution in [0.5, 0.6) is 5.75 Å². The van der Waals surface area contributed by atoms with Crippen molar-refractivity contribution in [2.75, 3.05) is 5.43 Å². The van der Waals surface area contributed by atoms with E-state index in [4.69, 9.17) is 11.6 Å². The molecule has 0 spiro atoms. The van der Waals surface area contributed by atoms with Crippen LogP contribution in [0.25, 0.3) is 11.2 Å². The fourth-order valence-corrected chi connectivity index (χ4v) is 3.45. The van der Waals surface area contributed by atoms with Gasteiger partial charge in [0, 0.05) is 19.1 Å². The van der Waals surface area contributed by atoms with E-state index >= 15 is 0 Å². The third-order valence-corrected chi connectivity index (χ3v) is 5.25. The summed E-state index contributed by atoms with van der Waals surface area (Å²) < 4.78 is 3.98. The summed E-state index contributed by atoms with van der Waals surface area (Å²) in [6.07, 6.45) is 1.51. The highest BCUT2D eigenvalue weighted by molar-refractivity contribution is 6.31. The molecule has 2 N–H and O–H groups in total. The third kappa shape index (κ3) is 3.82. The van der Waals surface area contributed by atoms with Crippen LogP contribution < -0.4 is 16.7 Å². The molecule has 0 aliphatic rings. The predicted molar refractivity (Wildman–Crippen MR) is 120 cm³/mol. The van der Waals surface area contributed by atoms with Crippen LogP contribution in [0.15, 0.2) is 63.2 Å². The number of phenolic OH excluding ortho intramolecular Hbond substituents is 1. The molecule has 0 atom stereocenters. The van der Waals surface area contributed by atoms with Crippen molar-refractivity contribution in [3.63, 3.8) is 0 Å². The summed E-state index contributed by atoms with van der Waals surface area (Å²) in [5, 5.41) is 14.3. The number of anilines is 1. The van der Waals surface area contributed by atoms with Gasteiger partial charge in [-0.25, -0.2) is 10.2 Å². The summed E-state index contributed by atoms with van der Waals surface area (Å²) in [6, 6.07) is 13.9. The average molecular weight is 439 g/mol. The van der Waals surface area contributed by atoms with Crippen molar-refractivity contribution in [1.82, 2.24) is 18.7 Å². The lowest BCUT2D eigenvalue weighted by atomic mass is 10.2. The monoisotopic (exact) mass is 438 g/mol. The Balaban J connectivity index is 1.84. The van der Waals surface area contributed by atoms with Gasteiger partial charge in [0.25, 0.3) is 5.56 Å². The number of nitrogens with zero attached hydrogens (tertiary/aromatic N) is 5. The minimum atomic E-state index is -0.477. The van der Waals surface area contributed by atoms with E-state index in [9.17, 15) is 14.7 Å². The van der Waals surface area contributed by atoms with E-state index in [1.54, 1.807) is 41.9 Å². The lowest BCUT2D eigenvalue weighted by Crippen LogP contribution is -2.37. The highest BCUT2D eigenvalue weighted by Gasteiger charge is 2.19. The van der Waals surface area contributed by atoms with Gasteiger partial charge >= 0.3 is 5.69 Å². The molecule has 2 aromatic carbocycles. The molecule has 2 heterocycles. The number of aromatic hydroxyl groups is 1. The molecule has 0 amide bonds. The van der Waals surface area contributed by atoms with Crippen molar-refractivity contribution >= 4 is 34.9 Å². The quantitative estimate of drug-likeness (QED) is 0.367. The number of aromatic nitrogens is 4. The van der Waals surface area contributed by atoms with E-state index in [1.165, 1.54) is 17.8 Å². The Morgan fingerprint density at radius 3 is 2.65 bits per heavy atom.